The van der Waals surface area contributed by atoms with Gasteiger partial charge in [-0.15, -0.1) is 0 Å². The fourth-order valence-corrected chi connectivity index (χ4v) is 2.42. The minimum Gasteiger partial charge on any atom is -0.452 e. The van der Waals surface area contributed by atoms with Crippen molar-refractivity contribution in [3.63, 3.8) is 0 Å². The van der Waals surface area contributed by atoms with Gasteiger partial charge in [0.15, 0.2) is 11.5 Å². The highest BCUT2D eigenvalue weighted by atomic mass is 16.6. The van der Waals surface area contributed by atoms with E-state index in [-0.39, 0.29) is 18.1 Å². The van der Waals surface area contributed by atoms with Crippen LogP contribution in [0.15, 0.2) is 30.3 Å². The van der Waals surface area contributed by atoms with Crippen molar-refractivity contribution in [1.29, 1.82) is 0 Å². The number of esters is 1. The Bertz CT molecular complexity index is 708. The lowest BCUT2D eigenvalue weighted by atomic mass is 10.1. The third-order valence-electron chi connectivity index (χ3n) is 3.36. The SMILES string of the molecule is COCC(C)(C)OC(=O)c1c(N)nc(N(C)C)n1-c1ccccc1. The molecule has 1 aromatic carbocycles. The predicted molar refractivity (Wildman–Crippen MR) is 93.7 cm³/mol. The zero-order valence-electron chi connectivity index (χ0n) is 14.7. The molecule has 24 heavy (non-hydrogen) atoms. The lowest BCUT2D eigenvalue weighted by Crippen LogP contribution is -2.34. The van der Waals surface area contributed by atoms with Crippen LogP contribution in [0.5, 0.6) is 0 Å². The van der Waals surface area contributed by atoms with Crippen molar-refractivity contribution in [2.45, 2.75) is 19.4 Å². The number of anilines is 2. The van der Waals surface area contributed by atoms with Crippen LogP contribution in [0.4, 0.5) is 11.8 Å². The number of ether oxygens (including phenoxy) is 2. The van der Waals surface area contributed by atoms with E-state index in [0.717, 1.165) is 5.69 Å². The molecule has 0 aliphatic heterocycles. The van der Waals surface area contributed by atoms with E-state index in [1.54, 1.807) is 30.4 Å². The van der Waals surface area contributed by atoms with E-state index < -0.39 is 11.6 Å². The topological polar surface area (TPSA) is 82.6 Å². The van der Waals surface area contributed by atoms with Crippen LogP contribution in [0.25, 0.3) is 5.69 Å². The van der Waals surface area contributed by atoms with Crippen molar-refractivity contribution < 1.29 is 14.3 Å². The summed E-state index contributed by atoms with van der Waals surface area (Å²) in [4.78, 5) is 18.9. The molecule has 0 radical (unpaired) electrons. The van der Waals surface area contributed by atoms with Gasteiger partial charge in [0, 0.05) is 26.9 Å². The maximum absolute atomic E-state index is 12.7. The van der Waals surface area contributed by atoms with Gasteiger partial charge in [-0.3, -0.25) is 4.57 Å². The van der Waals surface area contributed by atoms with Crippen LogP contribution >= 0.6 is 0 Å². The van der Waals surface area contributed by atoms with Crippen LogP contribution in [0.3, 0.4) is 0 Å². The summed E-state index contributed by atoms with van der Waals surface area (Å²) in [5.41, 5.74) is 6.23. The minimum atomic E-state index is -0.775. The van der Waals surface area contributed by atoms with E-state index in [9.17, 15) is 4.79 Å². The molecule has 0 amide bonds. The number of nitrogens with zero attached hydrogens (tertiary/aromatic N) is 3. The second-order valence-corrected chi connectivity index (χ2v) is 6.29. The summed E-state index contributed by atoms with van der Waals surface area (Å²) in [6.07, 6.45) is 0. The Kier molecular flexibility index (Phi) is 5.14. The lowest BCUT2D eigenvalue weighted by molar-refractivity contribution is -0.0370. The molecule has 2 rings (SSSR count). The summed E-state index contributed by atoms with van der Waals surface area (Å²) in [6, 6.07) is 9.43. The van der Waals surface area contributed by atoms with Gasteiger partial charge in [0.05, 0.1) is 6.61 Å². The quantitative estimate of drug-likeness (QED) is 0.816. The summed E-state index contributed by atoms with van der Waals surface area (Å²) in [5, 5.41) is 0. The van der Waals surface area contributed by atoms with E-state index in [1.165, 1.54) is 0 Å². The van der Waals surface area contributed by atoms with E-state index in [2.05, 4.69) is 4.98 Å². The number of hydrogen-bond donors (Lipinski definition) is 1. The van der Waals surface area contributed by atoms with Crippen molar-refractivity contribution in [3.8, 4) is 5.69 Å². The Morgan fingerprint density at radius 2 is 1.92 bits per heavy atom. The number of hydrogen-bond acceptors (Lipinski definition) is 6. The van der Waals surface area contributed by atoms with Gasteiger partial charge in [-0.25, -0.2) is 4.79 Å². The van der Waals surface area contributed by atoms with Crippen LogP contribution in [0, 0.1) is 0 Å². The van der Waals surface area contributed by atoms with E-state index in [0.29, 0.717) is 5.95 Å². The largest absolute Gasteiger partial charge is 0.452 e. The molecule has 7 heteroatoms. The molecular formula is C17H24N4O3. The van der Waals surface area contributed by atoms with Gasteiger partial charge in [0.2, 0.25) is 5.95 Å². The van der Waals surface area contributed by atoms with Gasteiger partial charge in [0.25, 0.3) is 0 Å². The third kappa shape index (κ3) is 3.68. The molecule has 1 heterocycles. The number of rotatable bonds is 6. The van der Waals surface area contributed by atoms with Gasteiger partial charge in [0.1, 0.15) is 5.60 Å². The van der Waals surface area contributed by atoms with Crippen molar-refractivity contribution >= 4 is 17.7 Å². The standard InChI is InChI=1S/C17H24N4O3/c1-17(2,11-23-5)24-15(22)13-14(18)19-16(20(3)4)21(13)12-9-7-6-8-10-12/h6-10H,11,18H2,1-5H3. The highest BCUT2D eigenvalue weighted by Gasteiger charge is 2.30. The van der Waals surface area contributed by atoms with Crippen LogP contribution < -0.4 is 10.6 Å². The van der Waals surface area contributed by atoms with E-state index in [4.69, 9.17) is 15.2 Å². The molecule has 0 saturated carbocycles. The monoisotopic (exact) mass is 332 g/mol. The van der Waals surface area contributed by atoms with Crippen LogP contribution in [0.2, 0.25) is 0 Å². The Morgan fingerprint density at radius 3 is 2.46 bits per heavy atom. The van der Waals surface area contributed by atoms with Crippen LogP contribution in [-0.4, -0.2) is 48.9 Å². The van der Waals surface area contributed by atoms with Gasteiger partial charge in [-0.05, 0) is 26.0 Å². The molecule has 0 bridgehead atoms. The molecule has 0 aliphatic rings. The number of nitrogens with two attached hydrogens (primary N) is 1. The van der Waals surface area contributed by atoms with E-state index in [1.807, 2.05) is 44.4 Å². The lowest BCUT2D eigenvalue weighted by Gasteiger charge is -2.24. The first-order valence-electron chi connectivity index (χ1n) is 7.60. The maximum Gasteiger partial charge on any atom is 0.359 e. The molecule has 0 spiro atoms. The summed E-state index contributed by atoms with van der Waals surface area (Å²) < 4.78 is 12.4. The fourth-order valence-electron chi connectivity index (χ4n) is 2.42. The second kappa shape index (κ2) is 6.92. The first-order valence-corrected chi connectivity index (χ1v) is 7.60. The average Bonchev–Trinajstić information content (AvgIpc) is 2.85. The molecule has 2 aromatic rings. The number of methoxy groups -OCH3 is 1. The number of carbonyl (C=O) groups is 1. The first-order chi connectivity index (χ1) is 11.3. The zero-order chi connectivity index (χ0) is 17.9. The average molecular weight is 332 g/mol. The van der Waals surface area contributed by atoms with Crippen molar-refractivity contribution in [3.05, 3.63) is 36.0 Å². The number of carbonyl (C=O) groups excluding carboxylic acids is 1. The number of imidazole rings is 1. The number of nitrogen functional groups attached to an aromatic ring is 1. The van der Waals surface area contributed by atoms with Gasteiger partial charge in [-0.2, -0.15) is 4.98 Å². The minimum absolute atomic E-state index is 0.126. The second-order valence-electron chi connectivity index (χ2n) is 6.29. The molecule has 0 aliphatic carbocycles. The predicted octanol–water partition coefficient (Wildman–Crippen LogP) is 2.10. The highest BCUT2D eigenvalue weighted by Crippen LogP contribution is 2.27. The fraction of sp³-hybridized carbons (Fsp3) is 0.412. The normalized spacial score (nSPS) is 11.4. The summed E-state index contributed by atoms with van der Waals surface area (Å²) >= 11 is 0. The van der Waals surface area contributed by atoms with Crippen molar-refractivity contribution in [2.75, 3.05) is 38.4 Å². The Morgan fingerprint density at radius 1 is 1.29 bits per heavy atom. The van der Waals surface area contributed by atoms with Gasteiger partial charge < -0.3 is 20.1 Å². The van der Waals surface area contributed by atoms with Gasteiger partial charge in [-0.1, -0.05) is 18.2 Å². The molecule has 1 aromatic heterocycles. The number of benzene rings is 1. The zero-order valence-corrected chi connectivity index (χ0v) is 14.7. The summed E-state index contributed by atoms with van der Waals surface area (Å²) in [6.45, 7) is 3.83. The summed E-state index contributed by atoms with van der Waals surface area (Å²) in [7, 11) is 5.23. The van der Waals surface area contributed by atoms with Crippen molar-refractivity contribution in [1.82, 2.24) is 9.55 Å². The molecule has 0 saturated heterocycles. The molecule has 0 fully saturated rings. The maximum atomic E-state index is 12.7. The summed E-state index contributed by atoms with van der Waals surface area (Å²) in [5.74, 6) is 0.134. The molecule has 0 atom stereocenters. The number of aromatic nitrogens is 2. The van der Waals surface area contributed by atoms with E-state index >= 15 is 0 Å². The Balaban J connectivity index is 2.52. The highest BCUT2D eigenvalue weighted by molar-refractivity contribution is 5.94. The molecule has 0 unspecified atom stereocenters. The van der Waals surface area contributed by atoms with Gasteiger partial charge >= 0.3 is 5.97 Å². The molecule has 7 nitrogen and oxygen atoms in total. The smallest absolute Gasteiger partial charge is 0.359 e. The van der Waals surface area contributed by atoms with Crippen molar-refractivity contribution in [2.24, 2.45) is 0 Å². The molecule has 2 N–H and O–H groups in total. The first kappa shape index (κ1) is 17.8. The van der Waals surface area contributed by atoms with Crippen LogP contribution in [0.1, 0.15) is 24.3 Å². The number of para-hydroxylation sites is 1. The molecule has 130 valence electrons. The third-order valence-corrected chi connectivity index (χ3v) is 3.36. The Hall–Kier alpha value is -2.54. The molecular weight excluding hydrogens is 308 g/mol. The Labute approximate surface area is 142 Å². The van der Waals surface area contributed by atoms with Crippen LogP contribution in [-0.2, 0) is 9.47 Å².